The number of pyridine rings is 1. The van der Waals surface area contributed by atoms with Crippen molar-refractivity contribution in [1.82, 2.24) is 9.88 Å². The standard InChI is InChI=1S/C19H24N6O.HI/c20-19(23-16-6-2-1-3-7-16)22-11-9-18(26)25-14-12-24(13-15-25)17-8-4-5-10-21-17;/h1-8,10H,9,11-15H2,(H3,20,22,23);1H. The predicted molar refractivity (Wildman–Crippen MR) is 120 cm³/mol. The number of aromatic nitrogens is 1. The molecule has 3 rings (SSSR count). The molecule has 1 aromatic heterocycles. The minimum atomic E-state index is 0. The van der Waals surface area contributed by atoms with Crippen molar-refractivity contribution in [1.29, 1.82) is 0 Å². The second kappa shape index (κ2) is 10.7. The minimum Gasteiger partial charge on any atom is -0.370 e. The fourth-order valence-corrected chi connectivity index (χ4v) is 2.86. The number of rotatable bonds is 5. The number of halogens is 1. The molecule has 0 atom stereocenters. The van der Waals surface area contributed by atoms with E-state index < -0.39 is 0 Å². The third-order valence-electron chi connectivity index (χ3n) is 4.26. The number of guanidine groups is 1. The van der Waals surface area contributed by atoms with Gasteiger partial charge in [0.05, 0.1) is 6.54 Å². The first-order chi connectivity index (χ1) is 12.7. The van der Waals surface area contributed by atoms with E-state index in [9.17, 15) is 4.79 Å². The molecule has 1 amide bonds. The molecule has 8 heteroatoms. The van der Waals surface area contributed by atoms with E-state index in [1.54, 1.807) is 6.20 Å². The number of hydrogen-bond acceptors (Lipinski definition) is 4. The molecule has 3 N–H and O–H groups in total. The van der Waals surface area contributed by atoms with Crippen LogP contribution in [-0.2, 0) is 4.79 Å². The summed E-state index contributed by atoms with van der Waals surface area (Å²) in [4.78, 5) is 25.0. The highest BCUT2D eigenvalue weighted by atomic mass is 127. The van der Waals surface area contributed by atoms with E-state index in [1.807, 2.05) is 53.4 Å². The SMILES string of the molecule is I.NC(=NCCC(=O)N1CCN(c2ccccn2)CC1)Nc1ccccc1. The number of para-hydroxylation sites is 1. The number of amides is 1. The Labute approximate surface area is 176 Å². The van der Waals surface area contributed by atoms with Gasteiger partial charge in [0.1, 0.15) is 5.82 Å². The van der Waals surface area contributed by atoms with Crippen LogP contribution in [0.5, 0.6) is 0 Å². The van der Waals surface area contributed by atoms with Gasteiger partial charge in [-0.05, 0) is 24.3 Å². The molecular weight excluding hydrogens is 455 g/mol. The molecule has 2 aromatic rings. The number of carbonyl (C=O) groups is 1. The fourth-order valence-electron chi connectivity index (χ4n) is 2.86. The van der Waals surface area contributed by atoms with Crippen molar-refractivity contribution in [3.05, 3.63) is 54.7 Å². The lowest BCUT2D eigenvalue weighted by Crippen LogP contribution is -2.49. The van der Waals surface area contributed by atoms with E-state index in [1.165, 1.54) is 0 Å². The first-order valence-corrected chi connectivity index (χ1v) is 8.78. The van der Waals surface area contributed by atoms with E-state index in [4.69, 9.17) is 5.73 Å². The molecule has 1 aliphatic rings. The second-order valence-electron chi connectivity index (χ2n) is 6.06. The molecule has 0 radical (unpaired) electrons. The highest BCUT2D eigenvalue weighted by Crippen LogP contribution is 2.13. The molecule has 1 aliphatic heterocycles. The fraction of sp³-hybridized carbons (Fsp3) is 0.316. The molecule has 1 saturated heterocycles. The lowest BCUT2D eigenvalue weighted by molar-refractivity contribution is -0.131. The number of hydrogen-bond donors (Lipinski definition) is 2. The largest absolute Gasteiger partial charge is 0.370 e. The molecule has 0 spiro atoms. The van der Waals surface area contributed by atoms with E-state index in [2.05, 4.69) is 20.2 Å². The Hall–Kier alpha value is -2.36. The van der Waals surface area contributed by atoms with Crippen molar-refractivity contribution in [3.8, 4) is 0 Å². The van der Waals surface area contributed by atoms with Crippen molar-refractivity contribution in [2.24, 2.45) is 10.7 Å². The number of aliphatic imine (C=N–C) groups is 1. The molecule has 1 fully saturated rings. The van der Waals surface area contributed by atoms with Gasteiger partial charge in [0, 0.05) is 44.5 Å². The van der Waals surface area contributed by atoms with Crippen molar-refractivity contribution in [2.45, 2.75) is 6.42 Å². The van der Waals surface area contributed by atoms with Gasteiger partial charge in [-0.3, -0.25) is 9.79 Å². The summed E-state index contributed by atoms with van der Waals surface area (Å²) in [5.74, 6) is 1.40. The summed E-state index contributed by atoms with van der Waals surface area (Å²) < 4.78 is 0. The zero-order valence-corrected chi connectivity index (χ0v) is 17.5. The molecule has 0 unspecified atom stereocenters. The van der Waals surface area contributed by atoms with Crippen LogP contribution in [0.1, 0.15) is 6.42 Å². The molecular formula is C19H25IN6O. The van der Waals surface area contributed by atoms with Gasteiger partial charge in [-0.25, -0.2) is 4.98 Å². The predicted octanol–water partition coefficient (Wildman–Crippen LogP) is 2.17. The normalized spacial score (nSPS) is 14.4. The smallest absolute Gasteiger partial charge is 0.224 e. The number of nitrogens with zero attached hydrogens (tertiary/aromatic N) is 4. The van der Waals surface area contributed by atoms with Gasteiger partial charge >= 0.3 is 0 Å². The summed E-state index contributed by atoms with van der Waals surface area (Å²) in [5.41, 5.74) is 6.73. The third-order valence-corrected chi connectivity index (χ3v) is 4.26. The van der Waals surface area contributed by atoms with Gasteiger partial charge < -0.3 is 20.9 Å². The van der Waals surface area contributed by atoms with Crippen molar-refractivity contribution < 1.29 is 4.79 Å². The summed E-state index contributed by atoms with van der Waals surface area (Å²) in [6, 6.07) is 15.5. The topological polar surface area (TPSA) is 86.8 Å². The molecule has 7 nitrogen and oxygen atoms in total. The first kappa shape index (κ1) is 20.9. The number of nitrogens with one attached hydrogen (secondary N) is 1. The molecule has 2 heterocycles. The summed E-state index contributed by atoms with van der Waals surface area (Å²) in [7, 11) is 0. The summed E-state index contributed by atoms with van der Waals surface area (Å²) >= 11 is 0. The second-order valence-corrected chi connectivity index (χ2v) is 6.06. The number of carbonyl (C=O) groups excluding carboxylic acids is 1. The molecule has 0 saturated carbocycles. The average Bonchev–Trinajstić information content (AvgIpc) is 2.69. The summed E-state index contributed by atoms with van der Waals surface area (Å²) in [6.07, 6.45) is 2.15. The van der Waals surface area contributed by atoms with Crippen LogP contribution < -0.4 is 16.0 Å². The molecule has 0 aliphatic carbocycles. The van der Waals surface area contributed by atoms with Crippen LogP contribution in [0.3, 0.4) is 0 Å². The van der Waals surface area contributed by atoms with Gasteiger partial charge in [-0.2, -0.15) is 0 Å². The maximum absolute atomic E-state index is 12.3. The minimum absolute atomic E-state index is 0. The van der Waals surface area contributed by atoms with Gasteiger partial charge in [-0.15, -0.1) is 24.0 Å². The number of nitrogens with two attached hydrogens (primary N) is 1. The third kappa shape index (κ3) is 6.38. The average molecular weight is 480 g/mol. The van der Waals surface area contributed by atoms with Crippen LogP contribution in [0.4, 0.5) is 11.5 Å². The van der Waals surface area contributed by atoms with Gasteiger partial charge in [-0.1, -0.05) is 24.3 Å². The Kier molecular flexibility index (Phi) is 8.31. The van der Waals surface area contributed by atoms with Gasteiger partial charge in [0.2, 0.25) is 5.91 Å². The molecule has 144 valence electrons. The Bertz CT molecular complexity index is 732. The Morgan fingerprint density at radius 1 is 1.07 bits per heavy atom. The lowest BCUT2D eigenvalue weighted by Gasteiger charge is -2.35. The molecule has 0 bridgehead atoms. The van der Waals surface area contributed by atoms with Crippen LogP contribution in [0.25, 0.3) is 0 Å². The van der Waals surface area contributed by atoms with Crippen molar-refractivity contribution in [2.75, 3.05) is 42.9 Å². The maximum atomic E-state index is 12.3. The maximum Gasteiger partial charge on any atom is 0.224 e. The van der Waals surface area contributed by atoms with E-state index in [0.29, 0.717) is 32.0 Å². The lowest BCUT2D eigenvalue weighted by atomic mass is 10.2. The van der Waals surface area contributed by atoms with Gasteiger partial charge in [0.25, 0.3) is 0 Å². The zero-order valence-electron chi connectivity index (χ0n) is 15.1. The number of anilines is 2. The van der Waals surface area contributed by atoms with E-state index in [-0.39, 0.29) is 29.9 Å². The molecule has 1 aromatic carbocycles. The summed E-state index contributed by atoms with van der Waals surface area (Å²) in [5, 5.41) is 3.01. The van der Waals surface area contributed by atoms with E-state index >= 15 is 0 Å². The molecule has 27 heavy (non-hydrogen) atoms. The first-order valence-electron chi connectivity index (χ1n) is 8.78. The van der Waals surface area contributed by atoms with Crippen LogP contribution in [-0.4, -0.2) is 54.5 Å². The van der Waals surface area contributed by atoms with Crippen LogP contribution >= 0.6 is 24.0 Å². The summed E-state index contributed by atoms with van der Waals surface area (Å²) in [6.45, 7) is 3.38. The van der Waals surface area contributed by atoms with Crippen molar-refractivity contribution in [3.63, 3.8) is 0 Å². The number of benzene rings is 1. The van der Waals surface area contributed by atoms with Crippen LogP contribution in [0.2, 0.25) is 0 Å². The highest BCUT2D eigenvalue weighted by molar-refractivity contribution is 14.0. The monoisotopic (exact) mass is 480 g/mol. The van der Waals surface area contributed by atoms with Crippen molar-refractivity contribution >= 4 is 47.3 Å². The number of piperazine rings is 1. The van der Waals surface area contributed by atoms with Crippen LogP contribution in [0.15, 0.2) is 59.7 Å². The quantitative estimate of drug-likeness (QED) is 0.389. The zero-order chi connectivity index (χ0) is 18.2. The van der Waals surface area contributed by atoms with Crippen LogP contribution in [0, 0.1) is 0 Å². The van der Waals surface area contributed by atoms with Gasteiger partial charge in [0.15, 0.2) is 5.96 Å². The highest BCUT2D eigenvalue weighted by Gasteiger charge is 2.21. The van der Waals surface area contributed by atoms with E-state index in [0.717, 1.165) is 24.6 Å². The Morgan fingerprint density at radius 3 is 2.44 bits per heavy atom. The Morgan fingerprint density at radius 2 is 1.78 bits per heavy atom. The Balaban J connectivity index is 0.00000261.